The van der Waals surface area contributed by atoms with Gasteiger partial charge in [0.2, 0.25) is 0 Å². The summed E-state index contributed by atoms with van der Waals surface area (Å²) in [6.07, 6.45) is 11.0. The Morgan fingerprint density at radius 1 is 1.27 bits per heavy atom. The van der Waals surface area contributed by atoms with Crippen molar-refractivity contribution in [2.45, 2.75) is 50.0 Å². The van der Waals surface area contributed by atoms with Gasteiger partial charge in [-0.15, -0.1) is 29.5 Å². The number of hydrogen-bond donors (Lipinski definition) is 2. The lowest BCUT2D eigenvalue weighted by Crippen LogP contribution is -2.18. The van der Waals surface area contributed by atoms with E-state index < -0.39 is 12.1 Å². The zero-order chi connectivity index (χ0) is 21.5. The molecular weight excluding hydrogens is 416 g/mol. The molecule has 160 valence electrons. The van der Waals surface area contributed by atoms with Crippen LogP contribution in [0.4, 0.5) is 0 Å². The summed E-state index contributed by atoms with van der Waals surface area (Å²) in [6.45, 7) is 3.78. The molecule has 0 saturated heterocycles. The van der Waals surface area contributed by atoms with E-state index in [4.69, 9.17) is 16.7 Å². The number of hydrogen-bond acceptors (Lipinski definition) is 3. The number of aliphatic hydroxyl groups excluding tert-OH is 1. The predicted octanol–water partition coefficient (Wildman–Crippen LogP) is 6.21. The number of aliphatic hydroxyl groups is 1. The number of allylic oxidation sites excluding steroid dienone is 1. The molecule has 1 fully saturated rings. The molecule has 1 aliphatic carbocycles. The summed E-state index contributed by atoms with van der Waals surface area (Å²) < 4.78 is 0. The molecule has 2 N–H and O–H groups in total. The van der Waals surface area contributed by atoms with Crippen LogP contribution in [0.5, 0.6) is 0 Å². The van der Waals surface area contributed by atoms with Gasteiger partial charge in [-0.1, -0.05) is 42.5 Å². The van der Waals surface area contributed by atoms with Crippen molar-refractivity contribution in [3.8, 4) is 0 Å². The summed E-state index contributed by atoms with van der Waals surface area (Å²) in [4.78, 5) is 12.5. The van der Waals surface area contributed by atoms with Gasteiger partial charge in [0.1, 0.15) is 4.88 Å². The molecule has 0 spiro atoms. The SMILES string of the molecule is C=CCCc1cccc(C=C[C@H]2[C@@H](CCCc3ccc(C(=O)O)s3)[C@@H](Cl)C[C@H]2O)c1. The maximum absolute atomic E-state index is 11.0. The second-order valence-corrected chi connectivity index (χ2v) is 9.68. The van der Waals surface area contributed by atoms with Gasteiger partial charge in [-0.2, -0.15) is 0 Å². The van der Waals surface area contributed by atoms with E-state index in [9.17, 15) is 9.90 Å². The van der Waals surface area contributed by atoms with Gasteiger partial charge in [0, 0.05) is 16.2 Å². The van der Waals surface area contributed by atoms with Crippen LogP contribution in [-0.4, -0.2) is 27.7 Å². The minimum absolute atomic E-state index is 0.0357. The zero-order valence-electron chi connectivity index (χ0n) is 17.0. The van der Waals surface area contributed by atoms with E-state index >= 15 is 0 Å². The van der Waals surface area contributed by atoms with Gasteiger partial charge in [0.15, 0.2) is 0 Å². The van der Waals surface area contributed by atoms with E-state index in [0.29, 0.717) is 11.3 Å². The molecule has 2 aromatic rings. The summed E-state index contributed by atoms with van der Waals surface area (Å²) in [5, 5.41) is 19.6. The summed E-state index contributed by atoms with van der Waals surface area (Å²) in [6, 6.07) is 12.0. The number of thiophene rings is 1. The highest BCUT2D eigenvalue weighted by Gasteiger charge is 2.39. The molecular formula is C25H29ClO3S. The van der Waals surface area contributed by atoms with Crippen LogP contribution in [0.2, 0.25) is 0 Å². The Morgan fingerprint density at radius 3 is 2.83 bits per heavy atom. The third-order valence-corrected chi connectivity index (χ3v) is 7.44. The lowest BCUT2D eigenvalue weighted by molar-refractivity contribution is 0.0702. The Hall–Kier alpha value is -1.88. The average Bonchev–Trinajstić information content (AvgIpc) is 3.30. The highest BCUT2D eigenvalue weighted by atomic mass is 35.5. The fourth-order valence-corrected chi connectivity index (χ4v) is 5.58. The van der Waals surface area contributed by atoms with Crippen LogP contribution in [0.3, 0.4) is 0 Å². The first-order valence-electron chi connectivity index (χ1n) is 10.5. The molecule has 1 aromatic heterocycles. The van der Waals surface area contributed by atoms with Gasteiger partial charge in [-0.05, 0) is 67.7 Å². The lowest BCUT2D eigenvalue weighted by Gasteiger charge is -2.20. The van der Waals surface area contributed by atoms with Crippen LogP contribution >= 0.6 is 22.9 Å². The number of carbonyl (C=O) groups is 1. The van der Waals surface area contributed by atoms with Crippen LogP contribution in [0, 0.1) is 11.8 Å². The Bertz CT molecular complexity index is 888. The van der Waals surface area contributed by atoms with E-state index in [-0.39, 0.29) is 17.2 Å². The molecule has 1 aromatic carbocycles. The van der Waals surface area contributed by atoms with Crippen molar-refractivity contribution in [2.75, 3.05) is 0 Å². The number of rotatable bonds is 10. The Balaban J connectivity index is 1.60. The molecule has 1 aliphatic rings. The van der Waals surface area contributed by atoms with Crippen LogP contribution in [0.25, 0.3) is 6.08 Å². The number of aromatic carboxylic acids is 1. The Kier molecular flexibility index (Phi) is 8.32. The number of alkyl halides is 1. The van der Waals surface area contributed by atoms with Crippen molar-refractivity contribution in [3.05, 3.63) is 76.0 Å². The van der Waals surface area contributed by atoms with Gasteiger partial charge < -0.3 is 10.2 Å². The third-order valence-electron chi connectivity index (χ3n) is 5.80. The first kappa shape index (κ1) is 22.8. The molecule has 1 saturated carbocycles. The van der Waals surface area contributed by atoms with E-state index in [1.165, 1.54) is 16.9 Å². The molecule has 3 rings (SSSR count). The molecule has 3 nitrogen and oxygen atoms in total. The molecule has 0 radical (unpaired) electrons. The maximum Gasteiger partial charge on any atom is 0.345 e. The first-order chi connectivity index (χ1) is 14.5. The van der Waals surface area contributed by atoms with E-state index in [0.717, 1.165) is 42.5 Å². The van der Waals surface area contributed by atoms with Gasteiger partial charge in [-0.25, -0.2) is 4.79 Å². The molecule has 30 heavy (non-hydrogen) atoms. The molecule has 1 heterocycles. The summed E-state index contributed by atoms with van der Waals surface area (Å²) in [5.41, 5.74) is 2.42. The normalized spacial score (nSPS) is 23.8. The fraction of sp³-hybridized carbons (Fsp3) is 0.400. The number of carboxylic acid groups (broad SMARTS) is 1. The second-order valence-electron chi connectivity index (χ2n) is 7.96. The van der Waals surface area contributed by atoms with E-state index in [1.807, 2.05) is 12.1 Å². The third kappa shape index (κ3) is 6.07. The van der Waals surface area contributed by atoms with Crippen molar-refractivity contribution >= 4 is 35.0 Å². The lowest BCUT2D eigenvalue weighted by atomic mass is 9.89. The Labute approximate surface area is 187 Å². The predicted molar refractivity (Wildman–Crippen MR) is 125 cm³/mol. The molecule has 4 atom stereocenters. The number of aryl methyl sites for hydroxylation is 2. The molecule has 0 unspecified atom stereocenters. The second kappa shape index (κ2) is 10.9. The molecule has 0 aliphatic heterocycles. The van der Waals surface area contributed by atoms with Crippen LogP contribution in [0.15, 0.2) is 55.1 Å². The maximum atomic E-state index is 11.0. The quantitative estimate of drug-likeness (QED) is 0.338. The van der Waals surface area contributed by atoms with Gasteiger partial charge in [0.25, 0.3) is 0 Å². The van der Waals surface area contributed by atoms with Crippen molar-refractivity contribution in [2.24, 2.45) is 11.8 Å². The van der Waals surface area contributed by atoms with Gasteiger partial charge in [0.05, 0.1) is 6.10 Å². The summed E-state index contributed by atoms with van der Waals surface area (Å²) in [5.74, 6) is -0.604. The zero-order valence-corrected chi connectivity index (χ0v) is 18.6. The largest absolute Gasteiger partial charge is 0.477 e. The van der Waals surface area contributed by atoms with Crippen LogP contribution in [-0.2, 0) is 12.8 Å². The highest BCUT2D eigenvalue weighted by Crippen LogP contribution is 2.40. The standard InChI is InChI=1S/C25H29ClO3S/c1-2-3-6-17-7-4-8-18(15-17)11-13-21-20(22(26)16-23(21)27)10-5-9-19-12-14-24(30-19)25(28)29/h2,4,7-8,11-15,20-23,27H,1,3,5-6,9-10,16H2,(H,28,29)/t20-,21+,22+,23-/m1/s1. The van der Waals surface area contributed by atoms with E-state index in [2.05, 4.69) is 43.0 Å². The van der Waals surface area contributed by atoms with Crippen molar-refractivity contribution < 1.29 is 15.0 Å². The smallest absolute Gasteiger partial charge is 0.345 e. The first-order valence-corrected chi connectivity index (χ1v) is 11.8. The number of carboxylic acids is 1. The molecule has 0 bridgehead atoms. The minimum atomic E-state index is -0.871. The summed E-state index contributed by atoms with van der Waals surface area (Å²) >= 11 is 7.92. The van der Waals surface area contributed by atoms with Crippen LogP contribution in [0.1, 0.15) is 51.4 Å². The monoisotopic (exact) mass is 444 g/mol. The van der Waals surface area contributed by atoms with Crippen molar-refractivity contribution in [3.63, 3.8) is 0 Å². The fourth-order valence-electron chi connectivity index (χ4n) is 4.22. The Morgan fingerprint density at radius 2 is 2.10 bits per heavy atom. The molecule has 5 heteroatoms. The number of halogens is 1. The van der Waals surface area contributed by atoms with Crippen molar-refractivity contribution in [1.82, 2.24) is 0 Å². The topological polar surface area (TPSA) is 57.5 Å². The van der Waals surface area contributed by atoms with Gasteiger partial charge >= 0.3 is 5.97 Å². The van der Waals surface area contributed by atoms with Gasteiger partial charge in [-0.3, -0.25) is 0 Å². The average molecular weight is 445 g/mol. The highest BCUT2D eigenvalue weighted by molar-refractivity contribution is 7.13. The number of benzene rings is 1. The van der Waals surface area contributed by atoms with Crippen molar-refractivity contribution in [1.29, 1.82) is 0 Å². The van der Waals surface area contributed by atoms with Crippen LogP contribution < -0.4 is 0 Å². The molecule has 0 amide bonds. The summed E-state index contributed by atoms with van der Waals surface area (Å²) in [7, 11) is 0. The minimum Gasteiger partial charge on any atom is -0.477 e. The van der Waals surface area contributed by atoms with E-state index in [1.54, 1.807) is 6.07 Å².